The minimum Gasteiger partial charge on any atom is -0.405 e. The van der Waals surface area contributed by atoms with Gasteiger partial charge in [0, 0.05) is 24.2 Å². The van der Waals surface area contributed by atoms with Crippen molar-refractivity contribution in [2.24, 2.45) is 0 Å². The van der Waals surface area contributed by atoms with E-state index in [9.17, 15) is 13.2 Å². The molecule has 0 aromatic heterocycles. The first-order valence-corrected chi connectivity index (χ1v) is 10.0. The van der Waals surface area contributed by atoms with Gasteiger partial charge in [-0.05, 0) is 42.0 Å². The normalized spacial score (nSPS) is 19.8. The topological polar surface area (TPSA) is 33.3 Å². The molecule has 0 spiro atoms. The highest BCUT2D eigenvalue weighted by Crippen LogP contribution is 2.32. The second-order valence-corrected chi connectivity index (χ2v) is 8.59. The maximum Gasteiger partial charge on any atom is 0.573 e. The van der Waals surface area contributed by atoms with Gasteiger partial charge in [-0.3, -0.25) is 0 Å². The van der Waals surface area contributed by atoms with Crippen molar-refractivity contribution >= 4 is 12.4 Å². The number of hydrogen-bond donors (Lipinski definition) is 2. The summed E-state index contributed by atoms with van der Waals surface area (Å²) in [7, 11) is 0. The maximum absolute atomic E-state index is 12.9. The van der Waals surface area contributed by atoms with E-state index in [0.717, 1.165) is 24.9 Å². The van der Waals surface area contributed by atoms with Crippen molar-refractivity contribution in [1.29, 1.82) is 0 Å². The number of halogens is 4. The molecule has 0 bridgehead atoms. The Kier molecular flexibility index (Phi) is 8.20. The second kappa shape index (κ2) is 10.0. The number of alkyl halides is 3. The van der Waals surface area contributed by atoms with E-state index in [2.05, 4.69) is 27.5 Å². The highest BCUT2D eigenvalue weighted by Gasteiger charge is 2.33. The third-order valence-electron chi connectivity index (χ3n) is 5.32. The van der Waals surface area contributed by atoms with Crippen LogP contribution in [0.1, 0.15) is 56.3 Å². The number of rotatable bonds is 5. The van der Waals surface area contributed by atoms with Crippen LogP contribution < -0.4 is 15.4 Å². The van der Waals surface area contributed by atoms with Crippen molar-refractivity contribution < 1.29 is 17.9 Å². The first-order valence-electron chi connectivity index (χ1n) is 10.0. The van der Waals surface area contributed by atoms with Gasteiger partial charge in [0.2, 0.25) is 0 Å². The Hall–Kier alpha value is -1.76. The molecular formula is C23H30ClF3N2O. The summed E-state index contributed by atoms with van der Waals surface area (Å²) in [6.07, 6.45) is -2.73. The lowest BCUT2D eigenvalue weighted by Gasteiger charge is -2.34. The molecule has 0 saturated carbocycles. The Morgan fingerprint density at radius 2 is 1.77 bits per heavy atom. The minimum absolute atomic E-state index is 0. The molecule has 2 aromatic carbocycles. The summed E-state index contributed by atoms with van der Waals surface area (Å²) < 4.78 is 42.9. The number of hydrogen-bond acceptors (Lipinski definition) is 3. The third-order valence-corrected chi connectivity index (χ3v) is 5.32. The van der Waals surface area contributed by atoms with Crippen molar-refractivity contribution in [3.05, 3.63) is 65.2 Å². The molecule has 7 heteroatoms. The van der Waals surface area contributed by atoms with Crippen molar-refractivity contribution in [2.75, 3.05) is 6.54 Å². The van der Waals surface area contributed by atoms with Crippen LogP contribution in [-0.4, -0.2) is 18.9 Å². The van der Waals surface area contributed by atoms with Crippen LogP contribution in [0.25, 0.3) is 0 Å². The van der Waals surface area contributed by atoms with Gasteiger partial charge in [-0.1, -0.05) is 63.2 Å². The molecule has 1 fully saturated rings. The van der Waals surface area contributed by atoms with E-state index in [1.54, 1.807) is 6.07 Å². The molecule has 0 radical (unpaired) electrons. The van der Waals surface area contributed by atoms with Crippen LogP contribution in [0, 0.1) is 0 Å². The Morgan fingerprint density at radius 3 is 2.40 bits per heavy atom. The molecule has 0 amide bonds. The molecule has 3 rings (SSSR count). The smallest absolute Gasteiger partial charge is 0.405 e. The summed E-state index contributed by atoms with van der Waals surface area (Å²) in [5.41, 5.74) is 2.52. The van der Waals surface area contributed by atoms with Gasteiger partial charge in [-0.15, -0.1) is 25.6 Å². The standard InChI is InChI=1S/C23H29F3N2O.ClH/c1-22(2,3)18-11-12-20(29-23(24,25)26)17(14-18)15-28-19-10-7-13-27-21(19)16-8-5-4-6-9-16;/h4-6,8-9,11-12,14,19,21,27-28H,7,10,13,15H2,1-3H3;1H/t19-,21-;/m0./s1. The molecule has 1 saturated heterocycles. The lowest BCUT2D eigenvalue weighted by Crippen LogP contribution is -2.45. The Bertz CT molecular complexity index is 806. The molecule has 3 nitrogen and oxygen atoms in total. The fourth-order valence-corrected chi connectivity index (χ4v) is 3.77. The lowest BCUT2D eigenvalue weighted by molar-refractivity contribution is -0.274. The fourth-order valence-electron chi connectivity index (χ4n) is 3.77. The van der Waals surface area contributed by atoms with Crippen molar-refractivity contribution in [3.8, 4) is 5.75 Å². The molecule has 2 atom stereocenters. The number of ether oxygens (including phenoxy) is 1. The van der Waals surface area contributed by atoms with E-state index in [4.69, 9.17) is 0 Å². The largest absolute Gasteiger partial charge is 0.573 e. The van der Waals surface area contributed by atoms with Gasteiger partial charge in [0.1, 0.15) is 5.75 Å². The van der Waals surface area contributed by atoms with Gasteiger partial charge < -0.3 is 15.4 Å². The van der Waals surface area contributed by atoms with Crippen LogP contribution in [0.15, 0.2) is 48.5 Å². The predicted octanol–water partition coefficient (Wildman–Crippen LogP) is 5.89. The molecule has 2 N–H and O–H groups in total. The molecular weight excluding hydrogens is 413 g/mol. The highest BCUT2D eigenvalue weighted by atomic mass is 35.5. The van der Waals surface area contributed by atoms with E-state index in [0.29, 0.717) is 12.1 Å². The molecule has 2 aromatic rings. The Morgan fingerprint density at radius 1 is 1.07 bits per heavy atom. The van der Waals surface area contributed by atoms with E-state index in [1.807, 2.05) is 45.0 Å². The quantitative estimate of drug-likeness (QED) is 0.606. The fraction of sp³-hybridized carbons (Fsp3) is 0.478. The van der Waals surface area contributed by atoms with Crippen LogP contribution >= 0.6 is 12.4 Å². The Balaban J connectivity index is 0.00000320. The zero-order valence-corrected chi connectivity index (χ0v) is 18.4. The summed E-state index contributed by atoms with van der Waals surface area (Å²) in [6, 6.07) is 15.4. The molecule has 1 heterocycles. The molecule has 0 aliphatic carbocycles. The SMILES string of the molecule is CC(C)(C)c1ccc(OC(F)(F)F)c(CN[C@H]2CCCN[C@H]2c2ccccc2)c1.Cl. The van der Waals surface area contributed by atoms with Gasteiger partial charge in [-0.2, -0.15) is 0 Å². The number of piperidine rings is 1. The zero-order chi connectivity index (χ0) is 21.1. The third kappa shape index (κ3) is 6.62. The average molecular weight is 443 g/mol. The summed E-state index contributed by atoms with van der Waals surface area (Å²) in [4.78, 5) is 0. The van der Waals surface area contributed by atoms with Crippen LogP contribution in [0.3, 0.4) is 0 Å². The van der Waals surface area contributed by atoms with Crippen molar-refractivity contribution in [1.82, 2.24) is 10.6 Å². The van der Waals surface area contributed by atoms with Gasteiger partial charge >= 0.3 is 6.36 Å². The van der Waals surface area contributed by atoms with Gasteiger partial charge in [0.25, 0.3) is 0 Å². The van der Waals surface area contributed by atoms with Crippen LogP contribution in [-0.2, 0) is 12.0 Å². The van der Waals surface area contributed by atoms with E-state index in [1.165, 1.54) is 11.6 Å². The van der Waals surface area contributed by atoms with Crippen LogP contribution in [0.5, 0.6) is 5.75 Å². The first kappa shape index (κ1) is 24.5. The van der Waals surface area contributed by atoms with E-state index >= 15 is 0 Å². The highest BCUT2D eigenvalue weighted by molar-refractivity contribution is 5.85. The molecule has 30 heavy (non-hydrogen) atoms. The average Bonchev–Trinajstić information content (AvgIpc) is 2.66. The number of nitrogens with one attached hydrogen (secondary N) is 2. The van der Waals surface area contributed by atoms with Gasteiger partial charge in [0.15, 0.2) is 0 Å². The minimum atomic E-state index is -4.71. The van der Waals surface area contributed by atoms with Gasteiger partial charge in [0.05, 0.1) is 0 Å². The monoisotopic (exact) mass is 442 g/mol. The molecule has 1 aliphatic heterocycles. The zero-order valence-electron chi connectivity index (χ0n) is 17.6. The maximum atomic E-state index is 12.9. The molecule has 166 valence electrons. The number of benzene rings is 2. The first-order chi connectivity index (χ1) is 13.6. The second-order valence-electron chi connectivity index (χ2n) is 8.59. The van der Waals surface area contributed by atoms with E-state index < -0.39 is 6.36 Å². The summed E-state index contributed by atoms with van der Waals surface area (Å²) in [5, 5.41) is 7.02. The summed E-state index contributed by atoms with van der Waals surface area (Å²) >= 11 is 0. The van der Waals surface area contributed by atoms with E-state index in [-0.39, 0.29) is 35.7 Å². The predicted molar refractivity (Wildman–Crippen MR) is 116 cm³/mol. The van der Waals surface area contributed by atoms with Crippen LogP contribution in [0.4, 0.5) is 13.2 Å². The molecule has 1 aliphatic rings. The van der Waals surface area contributed by atoms with Gasteiger partial charge in [-0.25, -0.2) is 0 Å². The van der Waals surface area contributed by atoms with Crippen LogP contribution in [0.2, 0.25) is 0 Å². The summed E-state index contributed by atoms with van der Waals surface area (Å²) in [6.45, 7) is 7.37. The van der Waals surface area contributed by atoms with Crippen molar-refractivity contribution in [2.45, 2.75) is 64.0 Å². The molecule has 0 unspecified atom stereocenters. The summed E-state index contributed by atoms with van der Waals surface area (Å²) in [5.74, 6) is -0.141. The van der Waals surface area contributed by atoms with Crippen molar-refractivity contribution in [3.63, 3.8) is 0 Å². The lowest BCUT2D eigenvalue weighted by atomic mass is 9.86. The Labute approximate surface area is 182 Å².